The van der Waals surface area contributed by atoms with Gasteiger partial charge in [-0.1, -0.05) is 80.0 Å². The number of carbonyl (C=O) groups excluding carboxylic acids is 1. The molecule has 0 aromatic carbocycles. The van der Waals surface area contributed by atoms with E-state index >= 15 is 0 Å². The van der Waals surface area contributed by atoms with Crippen LogP contribution in [0.2, 0.25) is 0 Å². The molecule has 0 radical (unpaired) electrons. The van der Waals surface area contributed by atoms with Crippen molar-refractivity contribution in [3.63, 3.8) is 0 Å². The Morgan fingerprint density at radius 1 is 1.00 bits per heavy atom. The molecule has 0 aliphatic heterocycles. The zero-order valence-electron chi connectivity index (χ0n) is 12.3. The summed E-state index contributed by atoms with van der Waals surface area (Å²) in [5, 5.41) is 2.78. The van der Waals surface area contributed by atoms with Crippen LogP contribution in [0, 0.1) is 0 Å². The first-order chi connectivity index (χ1) is 9.31. The van der Waals surface area contributed by atoms with Crippen molar-refractivity contribution in [3.8, 4) is 0 Å². The summed E-state index contributed by atoms with van der Waals surface area (Å²) < 4.78 is 0. The van der Waals surface area contributed by atoms with E-state index in [1.165, 1.54) is 63.2 Å². The molecule has 0 aromatic heterocycles. The van der Waals surface area contributed by atoms with Gasteiger partial charge in [-0.25, -0.2) is 0 Å². The highest BCUT2D eigenvalue weighted by atomic mass is 33.1. The Morgan fingerprint density at radius 2 is 1.58 bits per heavy atom. The van der Waals surface area contributed by atoms with E-state index < -0.39 is 0 Å². The molecule has 0 fully saturated rings. The molecule has 0 saturated carbocycles. The van der Waals surface area contributed by atoms with Gasteiger partial charge in [-0.05, 0) is 12.5 Å². The standard InChI is InChI=1S/C15H29NOS2/c1-3-5-6-7-8-9-10-11-13-18-19-14-12-16-15(17)4-2/h4H,2-3,5-14H2,1H3,(H,16,17). The maximum atomic E-state index is 10.9. The van der Waals surface area contributed by atoms with Crippen molar-refractivity contribution in [1.29, 1.82) is 0 Å². The second-order valence-corrected chi connectivity index (χ2v) is 7.32. The van der Waals surface area contributed by atoms with Crippen molar-refractivity contribution in [2.75, 3.05) is 18.1 Å². The fourth-order valence-electron chi connectivity index (χ4n) is 1.70. The SMILES string of the molecule is C=CC(=O)NCCSSCCCCCCCCCC. The molecule has 0 spiro atoms. The monoisotopic (exact) mass is 303 g/mol. The molecule has 0 heterocycles. The Balaban J connectivity index is 2.99. The van der Waals surface area contributed by atoms with E-state index in [1.807, 2.05) is 21.6 Å². The van der Waals surface area contributed by atoms with E-state index in [9.17, 15) is 4.79 Å². The summed E-state index contributed by atoms with van der Waals surface area (Å²) in [6.07, 6.45) is 12.4. The highest BCUT2D eigenvalue weighted by molar-refractivity contribution is 8.76. The van der Waals surface area contributed by atoms with Crippen molar-refractivity contribution in [1.82, 2.24) is 5.32 Å². The van der Waals surface area contributed by atoms with Gasteiger partial charge in [-0.3, -0.25) is 4.79 Å². The molecule has 0 aliphatic rings. The van der Waals surface area contributed by atoms with Crippen LogP contribution in [0.3, 0.4) is 0 Å². The highest BCUT2D eigenvalue weighted by Crippen LogP contribution is 2.22. The Bertz CT molecular complexity index is 222. The van der Waals surface area contributed by atoms with Gasteiger partial charge in [-0.2, -0.15) is 0 Å². The van der Waals surface area contributed by atoms with Crippen LogP contribution in [-0.2, 0) is 4.79 Å². The smallest absolute Gasteiger partial charge is 0.243 e. The molecule has 19 heavy (non-hydrogen) atoms. The van der Waals surface area contributed by atoms with Crippen molar-refractivity contribution in [3.05, 3.63) is 12.7 Å². The zero-order valence-corrected chi connectivity index (χ0v) is 13.9. The third kappa shape index (κ3) is 15.9. The molecule has 1 N–H and O–H groups in total. The third-order valence-corrected chi connectivity index (χ3v) is 5.33. The first-order valence-electron chi connectivity index (χ1n) is 7.46. The number of unbranched alkanes of at least 4 members (excludes halogenated alkanes) is 7. The molecule has 0 unspecified atom stereocenters. The van der Waals surface area contributed by atoms with Crippen LogP contribution in [0.15, 0.2) is 12.7 Å². The first-order valence-corrected chi connectivity index (χ1v) is 9.94. The average molecular weight is 304 g/mol. The number of nitrogens with one attached hydrogen (secondary N) is 1. The second-order valence-electron chi connectivity index (χ2n) is 4.61. The van der Waals surface area contributed by atoms with E-state index in [0.29, 0.717) is 0 Å². The van der Waals surface area contributed by atoms with Crippen LogP contribution in [-0.4, -0.2) is 24.0 Å². The van der Waals surface area contributed by atoms with Crippen molar-refractivity contribution in [2.45, 2.75) is 58.3 Å². The molecule has 0 bridgehead atoms. The molecule has 0 aliphatic carbocycles. The van der Waals surface area contributed by atoms with Gasteiger partial charge >= 0.3 is 0 Å². The summed E-state index contributed by atoms with van der Waals surface area (Å²) in [6, 6.07) is 0. The van der Waals surface area contributed by atoms with Crippen molar-refractivity contribution >= 4 is 27.5 Å². The van der Waals surface area contributed by atoms with E-state index in [2.05, 4.69) is 18.8 Å². The van der Waals surface area contributed by atoms with Crippen LogP contribution < -0.4 is 5.32 Å². The van der Waals surface area contributed by atoms with Gasteiger partial charge in [0.15, 0.2) is 0 Å². The van der Waals surface area contributed by atoms with E-state index in [0.717, 1.165) is 12.3 Å². The van der Waals surface area contributed by atoms with Gasteiger partial charge < -0.3 is 5.32 Å². The van der Waals surface area contributed by atoms with Gasteiger partial charge in [0.05, 0.1) is 0 Å². The normalized spacial score (nSPS) is 10.4. The summed E-state index contributed by atoms with van der Waals surface area (Å²) in [7, 11) is 3.77. The summed E-state index contributed by atoms with van der Waals surface area (Å²) in [5.74, 6) is 2.13. The minimum absolute atomic E-state index is 0.0753. The largest absolute Gasteiger partial charge is 0.352 e. The zero-order chi connectivity index (χ0) is 14.2. The number of hydrogen-bond acceptors (Lipinski definition) is 3. The second kappa shape index (κ2) is 16.0. The molecule has 0 saturated heterocycles. The predicted octanol–water partition coefficient (Wildman–Crippen LogP) is 4.81. The quantitative estimate of drug-likeness (QED) is 0.284. The number of rotatable bonds is 14. The molecule has 4 heteroatoms. The van der Waals surface area contributed by atoms with Crippen LogP contribution in [0.4, 0.5) is 0 Å². The number of amides is 1. The van der Waals surface area contributed by atoms with E-state index in [-0.39, 0.29) is 5.91 Å². The average Bonchev–Trinajstić information content (AvgIpc) is 2.43. The molecular formula is C15H29NOS2. The third-order valence-electron chi connectivity index (χ3n) is 2.83. The van der Waals surface area contributed by atoms with Gasteiger partial charge in [0, 0.05) is 18.1 Å². The Morgan fingerprint density at radius 3 is 2.21 bits per heavy atom. The number of hydrogen-bond donors (Lipinski definition) is 1. The molecule has 0 rings (SSSR count). The van der Waals surface area contributed by atoms with Crippen LogP contribution in [0.25, 0.3) is 0 Å². The lowest BCUT2D eigenvalue weighted by Crippen LogP contribution is -2.23. The summed E-state index contributed by atoms with van der Waals surface area (Å²) >= 11 is 0. The van der Waals surface area contributed by atoms with Crippen molar-refractivity contribution in [2.24, 2.45) is 0 Å². The summed E-state index contributed by atoms with van der Waals surface area (Å²) in [4.78, 5) is 10.9. The predicted molar refractivity (Wildman–Crippen MR) is 90.7 cm³/mol. The van der Waals surface area contributed by atoms with Crippen LogP contribution in [0.5, 0.6) is 0 Å². The number of carbonyl (C=O) groups is 1. The Labute approximate surface area is 127 Å². The minimum Gasteiger partial charge on any atom is -0.352 e. The lowest BCUT2D eigenvalue weighted by Gasteiger charge is -2.03. The Hall–Kier alpha value is -0.0900. The molecular weight excluding hydrogens is 274 g/mol. The van der Waals surface area contributed by atoms with Gasteiger partial charge in [0.25, 0.3) is 0 Å². The maximum Gasteiger partial charge on any atom is 0.243 e. The lowest BCUT2D eigenvalue weighted by atomic mass is 10.1. The molecule has 2 nitrogen and oxygen atoms in total. The summed E-state index contributed by atoms with van der Waals surface area (Å²) in [6.45, 7) is 6.41. The molecule has 112 valence electrons. The van der Waals surface area contributed by atoms with Crippen LogP contribution >= 0.6 is 21.6 Å². The molecule has 0 atom stereocenters. The van der Waals surface area contributed by atoms with E-state index in [4.69, 9.17) is 0 Å². The fraction of sp³-hybridized carbons (Fsp3) is 0.800. The fourth-order valence-corrected chi connectivity index (χ4v) is 3.75. The van der Waals surface area contributed by atoms with Crippen LogP contribution in [0.1, 0.15) is 58.3 Å². The topological polar surface area (TPSA) is 29.1 Å². The van der Waals surface area contributed by atoms with Crippen molar-refractivity contribution < 1.29 is 4.79 Å². The van der Waals surface area contributed by atoms with Gasteiger partial charge in [-0.15, -0.1) is 0 Å². The minimum atomic E-state index is -0.0753. The molecule has 1 amide bonds. The van der Waals surface area contributed by atoms with E-state index in [1.54, 1.807) is 0 Å². The summed E-state index contributed by atoms with van der Waals surface area (Å²) in [5.41, 5.74) is 0. The van der Waals surface area contributed by atoms with Gasteiger partial charge in [0.1, 0.15) is 0 Å². The maximum absolute atomic E-state index is 10.9. The Kier molecular flexibility index (Phi) is 15.9. The van der Waals surface area contributed by atoms with Gasteiger partial charge in [0.2, 0.25) is 5.91 Å². The lowest BCUT2D eigenvalue weighted by molar-refractivity contribution is -0.116. The molecule has 0 aromatic rings. The first kappa shape index (κ1) is 18.9. The highest BCUT2D eigenvalue weighted by Gasteiger charge is 1.95.